The minimum atomic E-state index is -0.961. The molecule has 0 unspecified atom stereocenters. The number of benzene rings is 1. The summed E-state index contributed by atoms with van der Waals surface area (Å²) in [4.78, 5) is 13.7. The summed E-state index contributed by atoms with van der Waals surface area (Å²) in [5, 5.41) is 9.54. The van der Waals surface area contributed by atoms with Gasteiger partial charge in [0, 0.05) is 22.8 Å². The molecule has 1 aromatic heterocycles. The summed E-state index contributed by atoms with van der Waals surface area (Å²) in [5.41, 5.74) is 6.97. The summed E-state index contributed by atoms with van der Waals surface area (Å²) in [5.74, 6) is -0.961. The number of carboxylic acids is 1. The molecule has 0 saturated carbocycles. The number of aromatic carboxylic acids is 1. The van der Waals surface area contributed by atoms with Gasteiger partial charge in [0.1, 0.15) is 0 Å². The molecule has 4 heteroatoms. The highest BCUT2D eigenvalue weighted by Crippen LogP contribution is 2.21. The van der Waals surface area contributed by atoms with Gasteiger partial charge in [-0.15, -0.1) is 0 Å². The van der Waals surface area contributed by atoms with Crippen molar-refractivity contribution < 1.29 is 9.90 Å². The predicted molar refractivity (Wildman–Crippen MR) is 49.7 cm³/mol. The fraction of sp³-hybridized carbons (Fsp3) is 0. The number of aromatic nitrogens is 1. The Labute approximate surface area is 74.0 Å². The second-order valence-electron chi connectivity index (χ2n) is 2.81. The monoisotopic (exact) mass is 176 g/mol. The molecule has 0 aliphatic heterocycles. The lowest BCUT2D eigenvalue weighted by Gasteiger charge is -1.99. The van der Waals surface area contributed by atoms with Gasteiger partial charge in [-0.1, -0.05) is 0 Å². The molecule has 0 saturated heterocycles. The second-order valence-corrected chi connectivity index (χ2v) is 2.81. The maximum absolute atomic E-state index is 10.8. The van der Waals surface area contributed by atoms with Crippen molar-refractivity contribution in [1.82, 2.24) is 4.98 Å². The maximum Gasteiger partial charge on any atom is 0.336 e. The van der Waals surface area contributed by atoms with Gasteiger partial charge in [-0.2, -0.15) is 0 Å². The third-order valence-corrected chi connectivity index (χ3v) is 1.92. The van der Waals surface area contributed by atoms with Crippen LogP contribution in [0.25, 0.3) is 10.9 Å². The van der Waals surface area contributed by atoms with E-state index < -0.39 is 5.97 Å². The lowest BCUT2D eigenvalue weighted by Crippen LogP contribution is -1.98. The van der Waals surface area contributed by atoms with Gasteiger partial charge < -0.3 is 15.8 Å². The maximum atomic E-state index is 10.8. The normalized spacial score (nSPS) is 10.5. The van der Waals surface area contributed by atoms with E-state index >= 15 is 0 Å². The van der Waals surface area contributed by atoms with Crippen LogP contribution in [-0.4, -0.2) is 16.1 Å². The molecule has 0 bridgehead atoms. The Bertz CT molecular complexity index is 473. The van der Waals surface area contributed by atoms with Crippen molar-refractivity contribution >= 4 is 22.6 Å². The van der Waals surface area contributed by atoms with Crippen molar-refractivity contribution in [1.29, 1.82) is 0 Å². The van der Waals surface area contributed by atoms with Crippen molar-refractivity contribution in [2.45, 2.75) is 0 Å². The topological polar surface area (TPSA) is 79.1 Å². The quantitative estimate of drug-likeness (QED) is 0.575. The lowest BCUT2D eigenvalue weighted by molar-refractivity contribution is 0.0699. The van der Waals surface area contributed by atoms with Crippen LogP contribution < -0.4 is 5.73 Å². The molecule has 2 rings (SSSR count). The standard InChI is InChI=1S/C9H8N2O2/c10-5-3-7(9(12)13)6-1-2-11-8(6)4-5/h1-4,11H,10H2,(H,12,13). The summed E-state index contributed by atoms with van der Waals surface area (Å²) in [6.07, 6.45) is 1.69. The molecule has 13 heavy (non-hydrogen) atoms. The summed E-state index contributed by atoms with van der Waals surface area (Å²) in [6, 6.07) is 4.89. The van der Waals surface area contributed by atoms with Gasteiger partial charge in [0.2, 0.25) is 0 Å². The van der Waals surface area contributed by atoms with Crippen LogP contribution in [0.15, 0.2) is 24.4 Å². The van der Waals surface area contributed by atoms with E-state index in [1.54, 1.807) is 18.3 Å². The number of nitrogen functional groups attached to an aromatic ring is 1. The van der Waals surface area contributed by atoms with Crippen LogP contribution >= 0.6 is 0 Å². The van der Waals surface area contributed by atoms with Crippen LogP contribution in [0.2, 0.25) is 0 Å². The third-order valence-electron chi connectivity index (χ3n) is 1.92. The zero-order chi connectivity index (χ0) is 9.42. The van der Waals surface area contributed by atoms with Gasteiger partial charge >= 0.3 is 5.97 Å². The summed E-state index contributed by atoms with van der Waals surface area (Å²) >= 11 is 0. The highest BCUT2D eigenvalue weighted by molar-refractivity contribution is 6.04. The minimum absolute atomic E-state index is 0.233. The Balaban J connectivity index is 2.84. The number of H-pyrrole nitrogens is 1. The van der Waals surface area contributed by atoms with Crippen molar-refractivity contribution in [3.05, 3.63) is 30.0 Å². The van der Waals surface area contributed by atoms with Crippen molar-refractivity contribution in [2.24, 2.45) is 0 Å². The van der Waals surface area contributed by atoms with Crippen LogP contribution in [-0.2, 0) is 0 Å². The Hall–Kier alpha value is -1.97. The number of fused-ring (bicyclic) bond motifs is 1. The van der Waals surface area contributed by atoms with E-state index in [0.717, 1.165) is 5.52 Å². The molecule has 2 aromatic rings. The number of rotatable bonds is 1. The van der Waals surface area contributed by atoms with Crippen molar-refractivity contribution in [3.63, 3.8) is 0 Å². The molecule has 0 atom stereocenters. The molecule has 0 amide bonds. The molecule has 0 radical (unpaired) electrons. The minimum Gasteiger partial charge on any atom is -0.478 e. The number of nitrogens with one attached hydrogen (secondary N) is 1. The zero-order valence-electron chi connectivity index (χ0n) is 6.74. The molecule has 4 N–H and O–H groups in total. The first-order valence-corrected chi connectivity index (χ1v) is 3.78. The van der Waals surface area contributed by atoms with Crippen LogP contribution in [0, 0.1) is 0 Å². The Kier molecular flexibility index (Phi) is 1.48. The van der Waals surface area contributed by atoms with Gasteiger partial charge in [0.25, 0.3) is 0 Å². The predicted octanol–water partition coefficient (Wildman–Crippen LogP) is 1.45. The molecule has 0 spiro atoms. The number of carbonyl (C=O) groups is 1. The van der Waals surface area contributed by atoms with Crippen molar-refractivity contribution in [3.8, 4) is 0 Å². The van der Waals surface area contributed by atoms with E-state index in [-0.39, 0.29) is 5.56 Å². The molecule has 1 heterocycles. The largest absolute Gasteiger partial charge is 0.478 e. The van der Waals surface area contributed by atoms with Crippen LogP contribution in [0.1, 0.15) is 10.4 Å². The van der Waals surface area contributed by atoms with Crippen LogP contribution in [0.5, 0.6) is 0 Å². The zero-order valence-corrected chi connectivity index (χ0v) is 6.74. The van der Waals surface area contributed by atoms with E-state index in [2.05, 4.69) is 4.98 Å². The molecule has 1 aromatic carbocycles. The van der Waals surface area contributed by atoms with Gasteiger partial charge in [-0.3, -0.25) is 0 Å². The molecule has 0 aliphatic rings. The Morgan fingerprint density at radius 1 is 1.46 bits per heavy atom. The Morgan fingerprint density at radius 2 is 2.23 bits per heavy atom. The van der Waals surface area contributed by atoms with E-state index in [9.17, 15) is 4.79 Å². The highest BCUT2D eigenvalue weighted by Gasteiger charge is 2.09. The molecule has 0 fully saturated rings. The Morgan fingerprint density at radius 3 is 2.92 bits per heavy atom. The molecule has 66 valence electrons. The summed E-state index contributed by atoms with van der Waals surface area (Å²) < 4.78 is 0. The number of hydrogen-bond donors (Lipinski definition) is 3. The van der Waals surface area contributed by atoms with Gasteiger partial charge in [0.05, 0.1) is 5.56 Å². The van der Waals surface area contributed by atoms with Gasteiger partial charge in [-0.05, 0) is 18.2 Å². The molecular formula is C9H8N2O2. The second kappa shape index (κ2) is 2.52. The summed E-state index contributed by atoms with van der Waals surface area (Å²) in [6.45, 7) is 0. The first-order chi connectivity index (χ1) is 6.18. The SMILES string of the molecule is Nc1cc(C(=O)O)c2cc[nH]c2c1. The number of aromatic amines is 1. The first-order valence-electron chi connectivity index (χ1n) is 3.78. The molecule has 4 nitrogen and oxygen atoms in total. The van der Waals surface area contributed by atoms with Crippen LogP contribution in [0.3, 0.4) is 0 Å². The number of nitrogens with two attached hydrogens (primary N) is 1. The van der Waals surface area contributed by atoms with Crippen molar-refractivity contribution in [2.75, 3.05) is 5.73 Å². The lowest BCUT2D eigenvalue weighted by atomic mass is 10.1. The van der Waals surface area contributed by atoms with E-state index in [4.69, 9.17) is 10.8 Å². The third kappa shape index (κ3) is 1.12. The average molecular weight is 176 g/mol. The van der Waals surface area contributed by atoms with E-state index in [0.29, 0.717) is 11.1 Å². The molecular weight excluding hydrogens is 168 g/mol. The van der Waals surface area contributed by atoms with E-state index in [1.807, 2.05) is 0 Å². The highest BCUT2D eigenvalue weighted by atomic mass is 16.4. The van der Waals surface area contributed by atoms with Crippen LogP contribution in [0.4, 0.5) is 5.69 Å². The first kappa shape index (κ1) is 7.67. The van der Waals surface area contributed by atoms with E-state index in [1.165, 1.54) is 6.07 Å². The fourth-order valence-electron chi connectivity index (χ4n) is 1.37. The smallest absolute Gasteiger partial charge is 0.336 e. The van der Waals surface area contributed by atoms with Gasteiger partial charge in [0.15, 0.2) is 0 Å². The number of hydrogen-bond acceptors (Lipinski definition) is 2. The summed E-state index contributed by atoms with van der Waals surface area (Å²) in [7, 11) is 0. The average Bonchev–Trinajstić information content (AvgIpc) is 2.49. The fourth-order valence-corrected chi connectivity index (χ4v) is 1.37. The van der Waals surface area contributed by atoms with Gasteiger partial charge in [-0.25, -0.2) is 4.79 Å². The number of carboxylic acid groups (broad SMARTS) is 1. The number of anilines is 1. The molecule has 0 aliphatic carbocycles.